The van der Waals surface area contributed by atoms with Crippen LogP contribution < -0.4 is 15.4 Å². The highest BCUT2D eigenvalue weighted by atomic mass is 35.5. The number of amides is 2. The van der Waals surface area contributed by atoms with Crippen LogP contribution in [0.3, 0.4) is 0 Å². The molecule has 11 heteroatoms. The number of carbonyl (C=O) groups excluding carboxylic acids is 2. The van der Waals surface area contributed by atoms with Gasteiger partial charge in [0.1, 0.15) is 11.6 Å². The molecule has 0 spiro atoms. The molecule has 1 aliphatic heterocycles. The molecule has 2 heterocycles. The van der Waals surface area contributed by atoms with Crippen LogP contribution in [0.25, 0.3) is 5.69 Å². The number of anilines is 1. The average Bonchev–Trinajstić information content (AvgIpc) is 3.26. The van der Waals surface area contributed by atoms with Gasteiger partial charge in [0, 0.05) is 17.1 Å². The number of hydrogen-bond donors (Lipinski definition) is 2. The number of methoxy groups -OCH3 is 1. The monoisotopic (exact) mass is 488 g/mol. The zero-order chi connectivity index (χ0) is 23.6. The number of aromatic nitrogens is 2. The summed E-state index contributed by atoms with van der Waals surface area (Å²) in [6, 6.07) is 14.1. The highest BCUT2D eigenvalue weighted by Gasteiger charge is 2.33. The Morgan fingerprint density at radius 2 is 1.88 bits per heavy atom. The van der Waals surface area contributed by atoms with Crippen LogP contribution >= 0.6 is 11.6 Å². The maximum Gasteiger partial charge on any atom is 0.314 e. The smallest absolute Gasteiger partial charge is 0.314 e. The number of ether oxygens (including phenoxy) is 1. The van der Waals surface area contributed by atoms with Crippen LogP contribution in [0.1, 0.15) is 16.8 Å². The van der Waals surface area contributed by atoms with Crippen molar-refractivity contribution >= 4 is 39.1 Å². The van der Waals surface area contributed by atoms with Gasteiger partial charge in [-0.05, 0) is 42.3 Å². The van der Waals surface area contributed by atoms with Crippen LogP contribution in [0.15, 0.2) is 48.5 Å². The second-order valence-corrected chi connectivity index (χ2v) is 10.0. The van der Waals surface area contributed by atoms with Crippen molar-refractivity contribution in [3.63, 3.8) is 0 Å². The molecule has 0 aliphatic carbocycles. The number of halogens is 1. The Kier molecular flexibility index (Phi) is 6.39. The molecule has 0 saturated heterocycles. The standard InChI is InChI=1S/C22H21ClN4O5S/c1-32-17-7-5-14(6-8-17)9-10-24-21(28)22(29)25-20-18-12-33(30,31)13-19(18)26-27(20)16-4-2-3-15(23)11-16/h2-8,11H,9-10,12-13H2,1H3,(H,24,28)(H,25,29). The summed E-state index contributed by atoms with van der Waals surface area (Å²) in [4.78, 5) is 25.0. The van der Waals surface area contributed by atoms with Gasteiger partial charge in [0.15, 0.2) is 9.84 Å². The molecule has 4 rings (SSSR count). The third kappa shape index (κ3) is 5.18. The molecule has 9 nitrogen and oxygen atoms in total. The Hall–Kier alpha value is -3.37. The molecule has 33 heavy (non-hydrogen) atoms. The largest absolute Gasteiger partial charge is 0.497 e. The molecular formula is C22H21ClN4O5S. The summed E-state index contributed by atoms with van der Waals surface area (Å²) in [5, 5.41) is 9.91. The highest BCUT2D eigenvalue weighted by Crippen LogP contribution is 2.33. The third-order valence-electron chi connectivity index (χ3n) is 5.14. The Morgan fingerprint density at radius 3 is 2.58 bits per heavy atom. The van der Waals surface area contributed by atoms with Gasteiger partial charge in [-0.1, -0.05) is 29.8 Å². The lowest BCUT2D eigenvalue weighted by atomic mass is 10.1. The maximum atomic E-state index is 12.6. The van der Waals surface area contributed by atoms with Crippen molar-refractivity contribution in [3.05, 3.63) is 70.4 Å². The summed E-state index contributed by atoms with van der Waals surface area (Å²) in [6.45, 7) is 0.249. The van der Waals surface area contributed by atoms with E-state index in [1.807, 2.05) is 24.3 Å². The third-order valence-corrected chi connectivity index (χ3v) is 6.81. The zero-order valence-corrected chi connectivity index (χ0v) is 19.2. The van der Waals surface area contributed by atoms with Crippen LogP contribution in [-0.2, 0) is 37.4 Å². The number of nitrogens with one attached hydrogen (secondary N) is 2. The molecular weight excluding hydrogens is 468 g/mol. The number of benzene rings is 2. The first-order valence-corrected chi connectivity index (χ1v) is 12.2. The first-order chi connectivity index (χ1) is 15.8. The fourth-order valence-electron chi connectivity index (χ4n) is 3.52. The number of sulfone groups is 1. The van der Waals surface area contributed by atoms with E-state index >= 15 is 0 Å². The van der Waals surface area contributed by atoms with Crippen molar-refractivity contribution < 1.29 is 22.7 Å². The van der Waals surface area contributed by atoms with E-state index in [4.69, 9.17) is 16.3 Å². The summed E-state index contributed by atoms with van der Waals surface area (Å²) >= 11 is 6.07. The molecule has 2 amide bonds. The molecule has 0 bridgehead atoms. The topological polar surface area (TPSA) is 119 Å². The van der Waals surface area contributed by atoms with Crippen molar-refractivity contribution in [2.24, 2.45) is 0 Å². The molecule has 1 aromatic heterocycles. The van der Waals surface area contributed by atoms with Gasteiger partial charge in [-0.2, -0.15) is 5.10 Å². The Morgan fingerprint density at radius 1 is 1.12 bits per heavy atom. The average molecular weight is 489 g/mol. The van der Waals surface area contributed by atoms with Crippen LogP contribution in [0, 0.1) is 0 Å². The van der Waals surface area contributed by atoms with E-state index in [2.05, 4.69) is 15.7 Å². The van der Waals surface area contributed by atoms with Crippen LogP contribution in [0.5, 0.6) is 5.75 Å². The number of rotatable bonds is 6. The molecule has 3 aromatic rings. The Labute approximate surface area is 195 Å². The van der Waals surface area contributed by atoms with E-state index in [9.17, 15) is 18.0 Å². The lowest BCUT2D eigenvalue weighted by Gasteiger charge is -2.11. The minimum atomic E-state index is -3.36. The second kappa shape index (κ2) is 9.24. The number of carbonyl (C=O) groups is 2. The van der Waals surface area contributed by atoms with Crippen molar-refractivity contribution in [1.82, 2.24) is 15.1 Å². The van der Waals surface area contributed by atoms with Crippen LogP contribution in [-0.4, -0.2) is 43.7 Å². The summed E-state index contributed by atoms with van der Waals surface area (Å²) in [7, 11) is -1.78. The van der Waals surface area contributed by atoms with Gasteiger partial charge in [0.25, 0.3) is 0 Å². The predicted octanol–water partition coefficient (Wildman–Crippen LogP) is 2.26. The van der Waals surface area contributed by atoms with E-state index in [0.29, 0.717) is 28.4 Å². The van der Waals surface area contributed by atoms with Crippen molar-refractivity contribution in [3.8, 4) is 11.4 Å². The van der Waals surface area contributed by atoms with Crippen molar-refractivity contribution in [2.75, 3.05) is 19.0 Å². The van der Waals surface area contributed by atoms with Crippen LogP contribution in [0.2, 0.25) is 5.02 Å². The van der Waals surface area contributed by atoms with E-state index in [0.717, 1.165) is 11.3 Å². The van der Waals surface area contributed by atoms with Gasteiger partial charge < -0.3 is 15.4 Å². The number of fused-ring (bicyclic) bond motifs is 1. The Bertz CT molecular complexity index is 1320. The normalized spacial score (nSPS) is 13.9. The summed E-state index contributed by atoms with van der Waals surface area (Å²) in [5.41, 5.74) is 2.21. The fraction of sp³-hybridized carbons (Fsp3) is 0.227. The summed E-state index contributed by atoms with van der Waals surface area (Å²) < 4.78 is 30.6. The zero-order valence-electron chi connectivity index (χ0n) is 17.7. The quantitative estimate of drug-likeness (QED) is 0.514. The lowest BCUT2D eigenvalue weighted by molar-refractivity contribution is -0.136. The fourth-order valence-corrected chi connectivity index (χ4v) is 5.20. The van der Waals surface area contributed by atoms with E-state index in [-0.39, 0.29) is 23.9 Å². The minimum absolute atomic E-state index is 0.142. The van der Waals surface area contributed by atoms with Gasteiger partial charge >= 0.3 is 11.8 Å². The maximum absolute atomic E-state index is 12.6. The molecule has 0 radical (unpaired) electrons. The van der Waals surface area contributed by atoms with Gasteiger partial charge in [-0.25, -0.2) is 13.1 Å². The van der Waals surface area contributed by atoms with Crippen LogP contribution in [0.4, 0.5) is 5.82 Å². The first kappa shape index (κ1) is 22.8. The summed E-state index contributed by atoms with van der Waals surface area (Å²) in [6.07, 6.45) is 0.525. The van der Waals surface area contributed by atoms with Gasteiger partial charge in [-0.15, -0.1) is 0 Å². The number of hydrogen-bond acceptors (Lipinski definition) is 6. The van der Waals surface area contributed by atoms with Gasteiger partial charge in [0.05, 0.1) is 30.0 Å². The molecule has 1 aliphatic rings. The van der Waals surface area contributed by atoms with Gasteiger partial charge in [0.2, 0.25) is 0 Å². The lowest BCUT2D eigenvalue weighted by Crippen LogP contribution is -2.37. The highest BCUT2D eigenvalue weighted by molar-refractivity contribution is 7.90. The SMILES string of the molecule is COc1ccc(CCNC(=O)C(=O)Nc2c3c(nn2-c2cccc(Cl)c2)CS(=O)(=O)C3)cc1. The molecule has 0 unspecified atom stereocenters. The molecule has 172 valence electrons. The summed E-state index contributed by atoms with van der Waals surface area (Å²) in [5.74, 6) is -1.38. The molecule has 0 saturated carbocycles. The Balaban J connectivity index is 1.48. The van der Waals surface area contributed by atoms with Gasteiger partial charge in [-0.3, -0.25) is 9.59 Å². The number of nitrogens with zero attached hydrogens (tertiary/aromatic N) is 2. The van der Waals surface area contributed by atoms with Crippen molar-refractivity contribution in [1.29, 1.82) is 0 Å². The first-order valence-electron chi connectivity index (χ1n) is 10.0. The molecule has 2 aromatic carbocycles. The van der Waals surface area contributed by atoms with E-state index < -0.39 is 21.7 Å². The van der Waals surface area contributed by atoms with Crippen molar-refractivity contribution in [2.45, 2.75) is 17.9 Å². The minimum Gasteiger partial charge on any atom is -0.497 e. The second-order valence-electron chi connectivity index (χ2n) is 7.51. The van der Waals surface area contributed by atoms with E-state index in [1.54, 1.807) is 31.4 Å². The molecule has 0 atom stereocenters. The molecule has 0 fully saturated rings. The van der Waals surface area contributed by atoms with E-state index in [1.165, 1.54) is 4.68 Å². The predicted molar refractivity (Wildman–Crippen MR) is 123 cm³/mol. The molecule has 2 N–H and O–H groups in total.